The van der Waals surface area contributed by atoms with Gasteiger partial charge in [0.15, 0.2) is 5.82 Å². The maximum Gasteiger partial charge on any atom is 0.339 e. The van der Waals surface area contributed by atoms with E-state index in [9.17, 15) is 4.79 Å². The highest BCUT2D eigenvalue weighted by Crippen LogP contribution is 2.34. The lowest BCUT2D eigenvalue weighted by atomic mass is 10.0. The normalized spacial score (nSPS) is 10.6. The molecule has 0 amide bonds. The number of nitrogens with zero attached hydrogens (tertiary/aromatic N) is 4. The van der Waals surface area contributed by atoms with Crippen molar-refractivity contribution in [1.29, 1.82) is 5.26 Å². The molecule has 29 heavy (non-hydrogen) atoms. The van der Waals surface area contributed by atoms with Crippen LogP contribution >= 0.6 is 0 Å². The third-order valence-corrected chi connectivity index (χ3v) is 4.26. The summed E-state index contributed by atoms with van der Waals surface area (Å²) in [6, 6.07) is 12.7. The number of benzene rings is 1. The molecule has 3 rings (SSSR count). The lowest BCUT2D eigenvalue weighted by Gasteiger charge is -2.09. The third kappa shape index (κ3) is 4.27. The Kier molecular flexibility index (Phi) is 5.93. The van der Waals surface area contributed by atoms with Gasteiger partial charge in [0.05, 0.1) is 42.2 Å². The zero-order valence-electron chi connectivity index (χ0n) is 16.8. The van der Waals surface area contributed by atoms with Gasteiger partial charge in [-0.1, -0.05) is 26.0 Å². The van der Waals surface area contributed by atoms with E-state index in [1.54, 1.807) is 36.1 Å². The van der Waals surface area contributed by atoms with Gasteiger partial charge in [-0.2, -0.15) is 15.0 Å². The molecule has 7 heteroatoms. The molecular weight excluding hydrogens is 368 g/mol. The smallest absolute Gasteiger partial charge is 0.339 e. The zero-order chi connectivity index (χ0) is 21.0. The molecule has 148 valence electrons. The summed E-state index contributed by atoms with van der Waals surface area (Å²) in [6.45, 7) is 6.20. The molecule has 0 saturated carbocycles. The fourth-order valence-electron chi connectivity index (χ4n) is 2.85. The van der Waals surface area contributed by atoms with Crippen molar-refractivity contribution in [3.63, 3.8) is 0 Å². The van der Waals surface area contributed by atoms with Crippen molar-refractivity contribution in [1.82, 2.24) is 14.8 Å². The molecule has 0 spiro atoms. The van der Waals surface area contributed by atoms with Crippen molar-refractivity contribution in [2.24, 2.45) is 5.92 Å². The van der Waals surface area contributed by atoms with Crippen molar-refractivity contribution < 1.29 is 14.3 Å². The first kappa shape index (κ1) is 20.1. The Morgan fingerprint density at radius 1 is 1.21 bits per heavy atom. The predicted octanol–water partition coefficient (Wildman–Crippen LogP) is 3.94. The van der Waals surface area contributed by atoms with Crippen LogP contribution in [0.4, 0.5) is 0 Å². The van der Waals surface area contributed by atoms with Crippen molar-refractivity contribution in [2.45, 2.75) is 20.8 Å². The summed E-state index contributed by atoms with van der Waals surface area (Å²) in [5, 5.41) is 13.5. The van der Waals surface area contributed by atoms with Crippen LogP contribution in [0.25, 0.3) is 16.9 Å². The number of esters is 1. The number of aromatic nitrogens is 3. The fraction of sp³-hybridized carbons (Fsp3) is 0.273. The highest BCUT2D eigenvalue weighted by Gasteiger charge is 2.20. The highest BCUT2D eigenvalue weighted by molar-refractivity contribution is 5.89. The van der Waals surface area contributed by atoms with Crippen molar-refractivity contribution in [3.05, 3.63) is 59.4 Å². The molecule has 0 bridgehead atoms. The zero-order valence-corrected chi connectivity index (χ0v) is 16.8. The van der Waals surface area contributed by atoms with Gasteiger partial charge in [-0.3, -0.25) is 0 Å². The third-order valence-electron chi connectivity index (χ3n) is 4.26. The second kappa shape index (κ2) is 8.57. The number of nitriles is 1. The molecule has 0 fully saturated rings. The van der Waals surface area contributed by atoms with Gasteiger partial charge in [0.2, 0.25) is 5.88 Å². The molecule has 2 aromatic heterocycles. The highest BCUT2D eigenvalue weighted by atomic mass is 16.5. The van der Waals surface area contributed by atoms with E-state index in [2.05, 4.69) is 16.2 Å². The maximum absolute atomic E-state index is 12.1. The number of pyridine rings is 1. The van der Waals surface area contributed by atoms with Gasteiger partial charge in [0.25, 0.3) is 0 Å². The predicted molar refractivity (Wildman–Crippen MR) is 108 cm³/mol. The lowest BCUT2D eigenvalue weighted by Crippen LogP contribution is -2.11. The summed E-state index contributed by atoms with van der Waals surface area (Å²) in [5.41, 5.74) is 3.43. The number of carbonyl (C=O) groups is 1. The molecule has 3 aromatic rings. The first-order valence-electron chi connectivity index (χ1n) is 9.22. The Hall–Kier alpha value is -3.66. The first-order valence-corrected chi connectivity index (χ1v) is 9.22. The Morgan fingerprint density at radius 3 is 2.48 bits per heavy atom. The monoisotopic (exact) mass is 390 g/mol. The van der Waals surface area contributed by atoms with Crippen LogP contribution in [0, 0.1) is 24.2 Å². The molecule has 0 radical (unpaired) electrons. The van der Waals surface area contributed by atoms with Crippen LogP contribution in [0.15, 0.2) is 42.6 Å². The molecule has 2 heterocycles. The van der Waals surface area contributed by atoms with Crippen molar-refractivity contribution in [2.75, 3.05) is 13.7 Å². The molecule has 0 unspecified atom stereocenters. The van der Waals surface area contributed by atoms with E-state index in [-0.39, 0.29) is 5.92 Å². The minimum absolute atomic E-state index is 0.267. The minimum atomic E-state index is -0.403. The first-order chi connectivity index (χ1) is 13.9. The average Bonchev–Trinajstić information content (AvgIpc) is 3.08. The Bertz CT molecular complexity index is 1050. The van der Waals surface area contributed by atoms with E-state index in [4.69, 9.17) is 14.7 Å². The molecule has 1 aromatic carbocycles. The number of hydrogen-bond donors (Lipinski definition) is 0. The second-order valence-corrected chi connectivity index (χ2v) is 6.97. The molecule has 7 nitrogen and oxygen atoms in total. The van der Waals surface area contributed by atoms with Gasteiger partial charge < -0.3 is 9.47 Å². The van der Waals surface area contributed by atoms with Crippen molar-refractivity contribution >= 4 is 5.97 Å². The van der Waals surface area contributed by atoms with Gasteiger partial charge in [-0.15, -0.1) is 0 Å². The summed E-state index contributed by atoms with van der Waals surface area (Å²) in [4.78, 5) is 16.4. The molecule has 0 N–H and O–H groups in total. The fourth-order valence-corrected chi connectivity index (χ4v) is 2.85. The van der Waals surface area contributed by atoms with Gasteiger partial charge in [0, 0.05) is 6.20 Å². The van der Waals surface area contributed by atoms with E-state index < -0.39 is 5.97 Å². The van der Waals surface area contributed by atoms with E-state index in [0.29, 0.717) is 29.4 Å². The number of methoxy groups -OCH3 is 1. The largest absolute Gasteiger partial charge is 0.480 e. The quantitative estimate of drug-likeness (QED) is 0.592. The summed E-state index contributed by atoms with van der Waals surface area (Å²) < 4.78 is 12.4. The molecular formula is C22H22N4O3. The Morgan fingerprint density at radius 2 is 1.93 bits per heavy atom. The van der Waals surface area contributed by atoms with Crippen LogP contribution in [-0.4, -0.2) is 34.5 Å². The van der Waals surface area contributed by atoms with Crippen LogP contribution in [-0.2, 0) is 4.74 Å². The standard InChI is InChI=1S/C22H22N4O3/c1-14(2)13-29-22(27)18-9-10-19(24-12-18)26-21(28-4)20(15(3)25-26)17-7-5-16(11-23)6-8-17/h5-10,12,14H,13H2,1-4H3. The molecule has 0 saturated heterocycles. The van der Waals surface area contributed by atoms with Crippen LogP contribution in [0.2, 0.25) is 0 Å². The van der Waals surface area contributed by atoms with E-state index in [1.165, 1.54) is 6.20 Å². The summed E-state index contributed by atoms with van der Waals surface area (Å²) >= 11 is 0. The second-order valence-electron chi connectivity index (χ2n) is 6.97. The van der Waals surface area contributed by atoms with Gasteiger partial charge in [-0.25, -0.2) is 9.78 Å². The number of carbonyl (C=O) groups excluding carboxylic acids is 1. The van der Waals surface area contributed by atoms with E-state index in [1.807, 2.05) is 32.9 Å². The summed E-state index contributed by atoms with van der Waals surface area (Å²) in [5.74, 6) is 0.905. The summed E-state index contributed by atoms with van der Waals surface area (Å²) in [7, 11) is 1.57. The number of hydrogen-bond acceptors (Lipinski definition) is 6. The minimum Gasteiger partial charge on any atom is -0.480 e. The molecule has 0 aliphatic rings. The number of aryl methyl sites for hydroxylation is 1. The Labute approximate surface area is 169 Å². The lowest BCUT2D eigenvalue weighted by molar-refractivity contribution is 0.0458. The van der Waals surface area contributed by atoms with E-state index >= 15 is 0 Å². The number of ether oxygens (including phenoxy) is 2. The van der Waals surface area contributed by atoms with Crippen LogP contribution in [0.1, 0.15) is 35.5 Å². The van der Waals surface area contributed by atoms with Crippen molar-refractivity contribution in [3.8, 4) is 28.9 Å². The van der Waals surface area contributed by atoms with Gasteiger partial charge in [-0.05, 0) is 42.7 Å². The van der Waals surface area contributed by atoms with Crippen LogP contribution in [0.3, 0.4) is 0 Å². The van der Waals surface area contributed by atoms with Gasteiger partial charge in [0.1, 0.15) is 0 Å². The van der Waals surface area contributed by atoms with Gasteiger partial charge >= 0.3 is 5.97 Å². The van der Waals surface area contributed by atoms with E-state index in [0.717, 1.165) is 16.8 Å². The maximum atomic E-state index is 12.1. The molecule has 0 aliphatic carbocycles. The topological polar surface area (TPSA) is 90.0 Å². The SMILES string of the molecule is COc1c(-c2ccc(C#N)cc2)c(C)nn1-c1ccc(C(=O)OCC(C)C)cn1. The van der Waals surface area contributed by atoms with Crippen LogP contribution in [0.5, 0.6) is 5.88 Å². The molecule has 0 aliphatic heterocycles. The Balaban J connectivity index is 1.93. The number of rotatable bonds is 6. The average molecular weight is 390 g/mol. The van der Waals surface area contributed by atoms with Crippen LogP contribution < -0.4 is 4.74 Å². The summed E-state index contributed by atoms with van der Waals surface area (Å²) in [6.07, 6.45) is 1.47. The molecule has 0 atom stereocenters.